The second-order valence-electron chi connectivity index (χ2n) is 6.48. The molecular formula is C21H25N3O2. The zero-order valence-corrected chi connectivity index (χ0v) is 15.5. The Kier molecular flexibility index (Phi) is 7.09. The van der Waals surface area contributed by atoms with Gasteiger partial charge < -0.3 is 5.32 Å². The van der Waals surface area contributed by atoms with Gasteiger partial charge in [-0.3, -0.25) is 9.59 Å². The van der Waals surface area contributed by atoms with Crippen LogP contribution < -0.4 is 10.7 Å². The molecule has 0 unspecified atom stereocenters. The van der Waals surface area contributed by atoms with Gasteiger partial charge in [0.1, 0.15) is 0 Å². The molecular weight excluding hydrogens is 326 g/mol. The van der Waals surface area contributed by atoms with E-state index >= 15 is 0 Å². The second-order valence-corrected chi connectivity index (χ2v) is 6.48. The van der Waals surface area contributed by atoms with E-state index in [0.29, 0.717) is 5.92 Å². The summed E-state index contributed by atoms with van der Waals surface area (Å²) in [6, 6.07) is 15.5. The number of nitrogens with one attached hydrogen (secondary N) is 2. The number of aryl methyl sites for hydroxylation is 1. The van der Waals surface area contributed by atoms with Crippen molar-refractivity contribution in [3.8, 4) is 0 Å². The van der Waals surface area contributed by atoms with Crippen molar-refractivity contribution in [3.63, 3.8) is 0 Å². The van der Waals surface area contributed by atoms with Crippen LogP contribution in [-0.4, -0.2) is 18.0 Å². The summed E-state index contributed by atoms with van der Waals surface area (Å²) in [5.41, 5.74) is 6.36. The fraction of sp³-hybridized carbons (Fsp3) is 0.286. The number of hydrogen-bond acceptors (Lipinski definition) is 3. The Hall–Kier alpha value is -2.95. The van der Waals surface area contributed by atoms with Crippen molar-refractivity contribution in [2.45, 2.75) is 39.5 Å². The van der Waals surface area contributed by atoms with Gasteiger partial charge in [-0.15, -0.1) is 0 Å². The van der Waals surface area contributed by atoms with Crippen LogP contribution in [0.1, 0.15) is 49.3 Å². The van der Waals surface area contributed by atoms with E-state index in [-0.39, 0.29) is 24.7 Å². The molecule has 5 heteroatoms. The third-order valence-corrected chi connectivity index (χ3v) is 4.00. The van der Waals surface area contributed by atoms with Gasteiger partial charge in [0.15, 0.2) is 0 Å². The molecule has 2 amide bonds. The number of benzene rings is 2. The minimum atomic E-state index is -0.292. The van der Waals surface area contributed by atoms with Crippen molar-refractivity contribution in [1.29, 1.82) is 0 Å². The molecule has 0 aliphatic heterocycles. The number of hydrogen-bond donors (Lipinski definition) is 2. The zero-order valence-electron chi connectivity index (χ0n) is 15.5. The summed E-state index contributed by atoms with van der Waals surface area (Å²) < 4.78 is 0. The molecule has 5 nitrogen and oxygen atoms in total. The Balaban J connectivity index is 1.74. The first-order valence-corrected chi connectivity index (χ1v) is 8.73. The molecule has 0 fully saturated rings. The lowest BCUT2D eigenvalue weighted by atomic mass is 10.0. The normalized spacial score (nSPS) is 10.9. The molecule has 0 aliphatic rings. The van der Waals surface area contributed by atoms with Crippen molar-refractivity contribution >= 4 is 23.7 Å². The highest BCUT2D eigenvalue weighted by Gasteiger charge is 2.07. The average molecular weight is 351 g/mol. The van der Waals surface area contributed by atoms with E-state index in [1.807, 2.05) is 55.5 Å². The number of carbonyl (C=O) groups excluding carboxylic acids is 2. The summed E-state index contributed by atoms with van der Waals surface area (Å²) in [5, 5.41) is 6.74. The standard InChI is InChI=1S/C21H25N3O2/c1-15(2)18-10-8-17(9-11-18)14-22-24-21(26)13-12-20(25)23-19-7-5-4-6-16(19)3/h4-11,14-15H,12-13H2,1-3H3,(H,23,25)(H,24,26)/b22-14+. The smallest absolute Gasteiger partial charge is 0.240 e. The monoisotopic (exact) mass is 351 g/mol. The predicted molar refractivity (Wildman–Crippen MR) is 105 cm³/mol. The molecule has 26 heavy (non-hydrogen) atoms. The van der Waals surface area contributed by atoms with Gasteiger partial charge in [-0.2, -0.15) is 5.10 Å². The van der Waals surface area contributed by atoms with Crippen LogP contribution in [0.2, 0.25) is 0 Å². The molecule has 0 saturated carbocycles. The highest BCUT2D eigenvalue weighted by atomic mass is 16.2. The van der Waals surface area contributed by atoms with Crippen molar-refractivity contribution in [2.75, 3.05) is 5.32 Å². The zero-order chi connectivity index (χ0) is 18.9. The van der Waals surface area contributed by atoms with Gasteiger partial charge in [0.25, 0.3) is 0 Å². The summed E-state index contributed by atoms with van der Waals surface area (Å²) in [5.74, 6) is -0.00537. The van der Waals surface area contributed by atoms with Gasteiger partial charge in [0.05, 0.1) is 6.21 Å². The SMILES string of the molecule is Cc1ccccc1NC(=O)CCC(=O)N/N=C/c1ccc(C(C)C)cc1. The fourth-order valence-electron chi connectivity index (χ4n) is 2.35. The summed E-state index contributed by atoms with van der Waals surface area (Å²) in [6.07, 6.45) is 1.79. The topological polar surface area (TPSA) is 70.6 Å². The van der Waals surface area contributed by atoms with Crippen molar-refractivity contribution in [2.24, 2.45) is 5.10 Å². The van der Waals surface area contributed by atoms with Crippen LogP contribution in [-0.2, 0) is 9.59 Å². The van der Waals surface area contributed by atoms with E-state index in [9.17, 15) is 9.59 Å². The number of para-hydroxylation sites is 1. The van der Waals surface area contributed by atoms with Crippen molar-refractivity contribution in [3.05, 3.63) is 65.2 Å². The number of nitrogens with zero attached hydrogens (tertiary/aromatic N) is 1. The molecule has 2 N–H and O–H groups in total. The van der Waals surface area contributed by atoms with E-state index in [4.69, 9.17) is 0 Å². The largest absolute Gasteiger partial charge is 0.326 e. The van der Waals surface area contributed by atoms with Crippen LogP contribution in [0.25, 0.3) is 0 Å². The van der Waals surface area contributed by atoms with Crippen LogP contribution in [0.15, 0.2) is 53.6 Å². The van der Waals surface area contributed by atoms with E-state index in [1.165, 1.54) is 5.56 Å². The minimum Gasteiger partial charge on any atom is -0.326 e. The molecule has 2 aromatic rings. The predicted octanol–water partition coefficient (Wildman–Crippen LogP) is 3.99. The molecule has 0 radical (unpaired) electrons. The van der Waals surface area contributed by atoms with Crippen LogP contribution in [0.5, 0.6) is 0 Å². The maximum atomic E-state index is 11.9. The number of anilines is 1. The van der Waals surface area contributed by atoms with Crippen LogP contribution in [0.4, 0.5) is 5.69 Å². The molecule has 0 aromatic heterocycles. The Labute approximate surface area is 154 Å². The molecule has 2 aromatic carbocycles. The first-order chi connectivity index (χ1) is 12.5. The molecule has 136 valence electrons. The second kappa shape index (κ2) is 9.51. The summed E-state index contributed by atoms with van der Waals surface area (Å²) in [6.45, 7) is 6.20. The van der Waals surface area contributed by atoms with Gasteiger partial charge in [-0.25, -0.2) is 5.43 Å². The van der Waals surface area contributed by atoms with E-state index < -0.39 is 0 Å². The molecule has 0 aliphatic carbocycles. The summed E-state index contributed by atoms with van der Waals surface area (Å²) in [7, 11) is 0. The average Bonchev–Trinajstić information content (AvgIpc) is 2.62. The lowest BCUT2D eigenvalue weighted by molar-refractivity contribution is -0.124. The maximum absolute atomic E-state index is 11.9. The fourth-order valence-corrected chi connectivity index (χ4v) is 2.35. The molecule has 2 rings (SSSR count). The van der Waals surface area contributed by atoms with E-state index in [2.05, 4.69) is 29.7 Å². The van der Waals surface area contributed by atoms with Gasteiger partial charge in [0, 0.05) is 18.5 Å². The quantitative estimate of drug-likeness (QED) is 0.585. The van der Waals surface area contributed by atoms with Gasteiger partial charge >= 0.3 is 0 Å². The van der Waals surface area contributed by atoms with Gasteiger partial charge in [0.2, 0.25) is 11.8 Å². The van der Waals surface area contributed by atoms with Gasteiger partial charge in [-0.1, -0.05) is 56.3 Å². The number of hydrazone groups is 1. The first-order valence-electron chi connectivity index (χ1n) is 8.73. The number of amides is 2. The first kappa shape index (κ1) is 19.4. The Morgan fingerprint density at radius 1 is 1.00 bits per heavy atom. The highest BCUT2D eigenvalue weighted by Crippen LogP contribution is 2.14. The molecule has 0 spiro atoms. The lowest BCUT2D eigenvalue weighted by Crippen LogP contribution is -2.20. The number of carbonyl (C=O) groups is 2. The lowest BCUT2D eigenvalue weighted by Gasteiger charge is -2.07. The highest BCUT2D eigenvalue weighted by molar-refractivity contribution is 5.94. The molecule has 0 atom stereocenters. The molecule has 0 bridgehead atoms. The van der Waals surface area contributed by atoms with Crippen LogP contribution >= 0.6 is 0 Å². The van der Waals surface area contributed by atoms with E-state index in [1.54, 1.807) is 6.21 Å². The molecule has 0 heterocycles. The van der Waals surface area contributed by atoms with Crippen molar-refractivity contribution < 1.29 is 9.59 Å². The van der Waals surface area contributed by atoms with Crippen LogP contribution in [0.3, 0.4) is 0 Å². The minimum absolute atomic E-state index is 0.0847. The maximum Gasteiger partial charge on any atom is 0.240 e. The number of rotatable bonds is 7. The van der Waals surface area contributed by atoms with E-state index in [0.717, 1.165) is 16.8 Å². The molecule has 0 saturated heterocycles. The Morgan fingerprint density at radius 3 is 2.31 bits per heavy atom. The Bertz CT molecular complexity index is 780. The third kappa shape index (κ3) is 6.16. The summed E-state index contributed by atoms with van der Waals surface area (Å²) in [4.78, 5) is 23.7. The van der Waals surface area contributed by atoms with Gasteiger partial charge in [-0.05, 0) is 35.6 Å². The summed E-state index contributed by atoms with van der Waals surface area (Å²) >= 11 is 0. The third-order valence-electron chi connectivity index (χ3n) is 4.00. The van der Waals surface area contributed by atoms with Crippen molar-refractivity contribution in [1.82, 2.24) is 5.43 Å². The Morgan fingerprint density at radius 2 is 1.65 bits per heavy atom. The van der Waals surface area contributed by atoms with Crippen LogP contribution in [0, 0.1) is 6.92 Å².